The van der Waals surface area contributed by atoms with Gasteiger partial charge in [-0.05, 0) is 38.4 Å². The lowest BCUT2D eigenvalue weighted by atomic mass is 9.97. The van der Waals surface area contributed by atoms with E-state index in [1.165, 1.54) is 12.8 Å². The summed E-state index contributed by atoms with van der Waals surface area (Å²) in [5.74, 6) is 0.553. The molecule has 2 aromatic rings. The Morgan fingerprint density at radius 3 is 2.65 bits per heavy atom. The van der Waals surface area contributed by atoms with Gasteiger partial charge in [-0.15, -0.1) is 0 Å². The Morgan fingerprint density at radius 2 is 1.96 bits per heavy atom. The lowest BCUT2D eigenvalue weighted by molar-refractivity contribution is -0.0709. The quantitative estimate of drug-likeness (QED) is 0.844. The molecule has 2 atom stereocenters. The molecule has 0 N–H and O–H groups in total. The van der Waals surface area contributed by atoms with E-state index in [2.05, 4.69) is 22.2 Å². The van der Waals surface area contributed by atoms with E-state index in [0.717, 1.165) is 25.2 Å². The Labute approximate surface area is 153 Å². The van der Waals surface area contributed by atoms with Crippen LogP contribution in [0.2, 0.25) is 0 Å². The molecule has 1 aromatic carbocycles. The SMILES string of the molecule is Cc1cc(C(=O)N2CCO[C@@H](CN3CCCC3)[C@@H]2c2ccccc2)no1. The van der Waals surface area contributed by atoms with Gasteiger partial charge in [0.15, 0.2) is 5.69 Å². The van der Waals surface area contributed by atoms with Crippen molar-refractivity contribution >= 4 is 5.91 Å². The summed E-state index contributed by atoms with van der Waals surface area (Å²) in [5.41, 5.74) is 1.47. The van der Waals surface area contributed by atoms with E-state index in [-0.39, 0.29) is 18.1 Å². The normalized spacial score (nSPS) is 24.1. The standard InChI is InChI=1S/C20H25N3O3/c1-15-13-17(21-26-15)20(24)23-11-12-25-18(14-22-9-5-6-10-22)19(23)16-7-3-2-4-8-16/h2-4,7-8,13,18-19H,5-6,9-12,14H2,1H3/t18-,19-/m0/s1. The monoisotopic (exact) mass is 355 g/mol. The second kappa shape index (κ2) is 7.60. The molecule has 6 nitrogen and oxygen atoms in total. The van der Waals surface area contributed by atoms with Crippen molar-refractivity contribution < 1.29 is 14.1 Å². The van der Waals surface area contributed by atoms with E-state index in [1.54, 1.807) is 13.0 Å². The molecule has 2 aliphatic heterocycles. The fourth-order valence-electron chi connectivity index (χ4n) is 3.99. The molecule has 0 unspecified atom stereocenters. The van der Waals surface area contributed by atoms with Crippen LogP contribution in [-0.2, 0) is 4.74 Å². The number of hydrogen-bond donors (Lipinski definition) is 0. The number of carbonyl (C=O) groups is 1. The largest absolute Gasteiger partial charge is 0.373 e. The summed E-state index contributed by atoms with van der Waals surface area (Å²) in [6.07, 6.45) is 2.44. The molecule has 0 spiro atoms. The first-order chi connectivity index (χ1) is 12.7. The third-order valence-corrected chi connectivity index (χ3v) is 5.24. The Bertz CT molecular complexity index is 740. The highest BCUT2D eigenvalue weighted by Crippen LogP contribution is 2.32. The van der Waals surface area contributed by atoms with Crippen LogP contribution >= 0.6 is 0 Å². The highest BCUT2D eigenvalue weighted by Gasteiger charge is 2.38. The van der Waals surface area contributed by atoms with Gasteiger partial charge in [-0.25, -0.2) is 0 Å². The zero-order valence-corrected chi connectivity index (χ0v) is 15.1. The minimum atomic E-state index is -0.116. The Kier molecular flexibility index (Phi) is 5.04. The lowest BCUT2D eigenvalue weighted by Crippen LogP contribution is -2.51. The summed E-state index contributed by atoms with van der Waals surface area (Å²) in [6, 6.07) is 11.8. The van der Waals surface area contributed by atoms with Crippen LogP contribution in [-0.4, -0.2) is 59.8 Å². The van der Waals surface area contributed by atoms with Crippen LogP contribution in [0, 0.1) is 6.92 Å². The van der Waals surface area contributed by atoms with E-state index in [0.29, 0.717) is 24.6 Å². The molecular weight excluding hydrogens is 330 g/mol. The minimum absolute atomic E-state index is 0.0406. The van der Waals surface area contributed by atoms with Crippen LogP contribution in [0.4, 0.5) is 0 Å². The molecule has 1 aromatic heterocycles. The van der Waals surface area contributed by atoms with Crippen molar-refractivity contribution in [1.29, 1.82) is 0 Å². The number of ether oxygens (including phenoxy) is 1. The number of rotatable bonds is 4. The molecule has 2 fully saturated rings. The van der Waals surface area contributed by atoms with E-state index < -0.39 is 0 Å². The number of aromatic nitrogens is 1. The average Bonchev–Trinajstić information content (AvgIpc) is 3.33. The fraction of sp³-hybridized carbons (Fsp3) is 0.500. The van der Waals surface area contributed by atoms with Gasteiger partial charge >= 0.3 is 0 Å². The maximum atomic E-state index is 13.1. The molecular formula is C20H25N3O3. The number of hydrogen-bond acceptors (Lipinski definition) is 5. The molecule has 1 amide bonds. The number of morpholine rings is 1. The summed E-state index contributed by atoms with van der Waals surface area (Å²) in [7, 11) is 0. The third kappa shape index (κ3) is 3.52. The van der Waals surface area contributed by atoms with Crippen LogP contribution in [0.1, 0.15) is 40.7 Å². The predicted octanol–water partition coefficient (Wildman–Crippen LogP) is 2.66. The van der Waals surface area contributed by atoms with Gasteiger partial charge in [0.25, 0.3) is 5.91 Å². The van der Waals surface area contributed by atoms with Crippen LogP contribution in [0.15, 0.2) is 40.9 Å². The maximum absolute atomic E-state index is 13.1. The molecule has 2 saturated heterocycles. The number of carbonyl (C=O) groups excluding carboxylic acids is 1. The van der Waals surface area contributed by atoms with Gasteiger partial charge in [-0.1, -0.05) is 35.5 Å². The highest BCUT2D eigenvalue weighted by molar-refractivity contribution is 5.92. The van der Waals surface area contributed by atoms with Gasteiger partial charge in [-0.3, -0.25) is 4.79 Å². The molecule has 138 valence electrons. The topological polar surface area (TPSA) is 58.8 Å². The Balaban J connectivity index is 1.63. The first-order valence-corrected chi connectivity index (χ1v) is 9.35. The maximum Gasteiger partial charge on any atom is 0.276 e. The summed E-state index contributed by atoms with van der Waals surface area (Å²) in [6.45, 7) is 5.97. The average molecular weight is 355 g/mol. The number of aryl methyl sites for hydroxylation is 1. The molecule has 0 aliphatic carbocycles. The van der Waals surface area contributed by atoms with E-state index in [1.807, 2.05) is 23.1 Å². The smallest absolute Gasteiger partial charge is 0.276 e. The molecule has 26 heavy (non-hydrogen) atoms. The van der Waals surface area contributed by atoms with Crippen molar-refractivity contribution in [3.63, 3.8) is 0 Å². The van der Waals surface area contributed by atoms with Crippen LogP contribution in [0.3, 0.4) is 0 Å². The zero-order chi connectivity index (χ0) is 17.9. The van der Waals surface area contributed by atoms with Crippen LogP contribution in [0.25, 0.3) is 0 Å². The van der Waals surface area contributed by atoms with Crippen LogP contribution in [0.5, 0.6) is 0 Å². The Hall–Kier alpha value is -2.18. The van der Waals surface area contributed by atoms with Gasteiger partial charge in [0.2, 0.25) is 0 Å². The second-order valence-corrected chi connectivity index (χ2v) is 7.09. The number of likely N-dealkylation sites (tertiary alicyclic amines) is 1. The highest BCUT2D eigenvalue weighted by atomic mass is 16.5. The van der Waals surface area contributed by atoms with Gasteiger partial charge in [0.05, 0.1) is 18.8 Å². The van der Waals surface area contributed by atoms with Crippen molar-refractivity contribution in [3.05, 3.63) is 53.4 Å². The first kappa shape index (κ1) is 17.2. The summed E-state index contributed by atoms with van der Waals surface area (Å²) >= 11 is 0. The van der Waals surface area contributed by atoms with Crippen molar-refractivity contribution in [1.82, 2.24) is 15.0 Å². The molecule has 0 radical (unpaired) electrons. The second-order valence-electron chi connectivity index (χ2n) is 7.09. The Morgan fingerprint density at radius 1 is 1.19 bits per heavy atom. The minimum Gasteiger partial charge on any atom is -0.373 e. The van der Waals surface area contributed by atoms with Gasteiger partial charge in [0.1, 0.15) is 5.76 Å². The van der Waals surface area contributed by atoms with Gasteiger partial charge in [0, 0.05) is 19.2 Å². The lowest BCUT2D eigenvalue weighted by Gasteiger charge is -2.42. The fourth-order valence-corrected chi connectivity index (χ4v) is 3.99. The first-order valence-electron chi connectivity index (χ1n) is 9.35. The van der Waals surface area contributed by atoms with E-state index >= 15 is 0 Å². The summed E-state index contributed by atoms with van der Waals surface area (Å²) in [5, 5.41) is 3.93. The molecule has 3 heterocycles. The van der Waals surface area contributed by atoms with Crippen molar-refractivity contribution in [2.24, 2.45) is 0 Å². The summed E-state index contributed by atoms with van der Waals surface area (Å²) in [4.78, 5) is 17.5. The molecule has 6 heteroatoms. The summed E-state index contributed by atoms with van der Waals surface area (Å²) < 4.78 is 11.3. The predicted molar refractivity (Wildman–Crippen MR) is 96.9 cm³/mol. The number of nitrogens with zero attached hydrogens (tertiary/aromatic N) is 3. The van der Waals surface area contributed by atoms with Crippen molar-refractivity contribution in [2.75, 3.05) is 32.8 Å². The molecule has 4 rings (SSSR count). The molecule has 0 saturated carbocycles. The van der Waals surface area contributed by atoms with E-state index in [9.17, 15) is 4.79 Å². The van der Waals surface area contributed by atoms with Crippen LogP contribution < -0.4 is 0 Å². The molecule has 0 bridgehead atoms. The third-order valence-electron chi connectivity index (χ3n) is 5.24. The van der Waals surface area contributed by atoms with Gasteiger partial charge < -0.3 is 19.1 Å². The van der Waals surface area contributed by atoms with Crippen molar-refractivity contribution in [3.8, 4) is 0 Å². The number of amides is 1. The number of benzene rings is 1. The van der Waals surface area contributed by atoms with Crippen molar-refractivity contribution in [2.45, 2.75) is 31.9 Å². The molecule has 2 aliphatic rings. The van der Waals surface area contributed by atoms with Gasteiger partial charge in [-0.2, -0.15) is 0 Å². The zero-order valence-electron chi connectivity index (χ0n) is 15.1. The van der Waals surface area contributed by atoms with E-state index in [4.69, 9.17) is 9.26 Å².